The third-order valence-corrected chi connectivity index (χ3v) is 3.13. The summed E-state index contributed by atoms with van der Waals surface area (Å²) in [4.78, 5) is 0. The molecule has 0 spiro atoms. The first-order chi connectivity index (χ1) is 9.19. The van der Waals surface area contributed by atoms with Gasteiger partial charge in [0.2, 0.25) is 0 Å². The molecule has 1 N–H and O–H groups in total. The molecule has 1 aromatic carbocycles. The molecule has 1 aliphatic rings. The molecule has 0 amide bonds. The minimum absolute atomic E-state index is 0.232. The van der Waals surface area contributed by atoms with Gasteiger partial charge in [-0.2, -0.15) is 0 Å². The summed E-state index contributed by atoms with van der Waals surface area (Å²) in [6.45, 7) is 7.87. The van der Waals surface area contributed by atoms with Gasteiger partial charge in [-0.1, -0.05) is 19.1 Å². The van der Waals surface area contributed by atoms with E-state index in [0.717, 1.165) is 12.3 Å². The van der Waals surface area contributed by atoms with E-state index in [1.54, 1.807) is 0 Å². The van der Waals surface area contributed by atoms with Crippen LogP contribution in [0.1, 0.15) is 45.2 Å². The van der Waals surface area contributed by atoms with E-state index in [4.69, 9.17) is 9.47 Å². The zero-order valence-corrected chi connectivity index (χ0v) is 12.2. The van der Waals surface area contributed by atoms with Crippen LogP contribution in [0.25, 0.3) is 0 Å². The highest BCUT2D eigenvalue weighted by atomic mass is 16.5. The van der Waals surface area contributed by atoms with E-state index in [0.29, 0.717) is 12.7 Å². The fourth-order valence-corrected chi connectivity index (χ4v) is 1.99. The second-order valence-electron chi connectivity index (χ2n) is 5.38. The predicted molar refractivity (Wildman–Crippen MR) is 77.6 cm³/mol. The topological polar surface area (TPSA) is 30.5 Å². The molecule has 106 valence electrons. The van der Waals surface area contributed by atoms with Gasteiger partial charge in [-0.05, 0) is 50.9 Å². The molecule has 0 bridgehead atoms. The van der Waals surface area contributed by atoms with Crippen LogP contribution in [0, 0.1) is 0 Å². The van der Waals surface area contributed by atoms with Crippen LogP contribution in [0.5, 0.6) is 5.75 Å². The average Bonchev–Trinajstić information content (AvgIpc) is 3.18. The van der Waals surface area contributed by atoms with Gasteiger partial charge in [-0.25, -0.2) is 0 Å². The lowest BCUT2D eigenvalue weighted by atomic mass is 10.1. The van der Waals surface area contributed by atoms with Gasteiger partial charge in [0.1, 0.15) is 5.75 Å². The zero-order chi connectivity index (χ0) is 13.7. The molecule has 0 saturated heterocycles. The van der Waals surface area contributed by atoms with Crippen molar-refractivity contribution >= 4 is 0 Å². The van der Waals surface area contributed by atoms with Crippen molar-refractivity contribution in [1.82, 2.24) is 5.32 Å². The number of ether oxygens (including phenoxy) is 2. The Labute approximate surface area is 116 Å². The molecule has 1 saturated carbocycles. The fourth-order valence-electron chi connectivity index (χ4n) is 1.99. The highest BCUT2D eigenvalue weighted by Crippen LogP contribution is 2.28. The van der Waals surface area contributed by atoms with Crippen LogP contribution in [0.2, 0.25) is 0 Å². The van der Waals surface area contributed by atoms with Gasteiger partial charge in [0, 0.05) is 0 Å². The maximum atomic E-state index is 5.85. The largest absolute Gasteiger partial charge is 0.490 e. The van der Waals surface area contributed by atoms with Crippen LogP contribution >= 0.6 is 0 Å². The lowest BCUT2D eigenvalue weighted by molar-refractivity contribution is 0.0614. The van der Waals surface area contributed by atoms with E-state index < -0.39 is 0 Å². The van der Waals surface area contributed by atoms with E-state index in [1.807, 2.05) is 6.07 Å². The molecule has 3 nitrogen and oxygen atoms in total. The number of rotatable bonds is 8. The van der Waals surface area contributed by atoms with E-state index in [1.165, 1.54) is 18.4 Å². The van der Waals surface area contributed by atoms with Gasteiger partial charge in [0.05, 0.1) is 24.9 Å². The standard InChI is InChI=1S/C16H25NO2/c1-4-17-16(11-18-12(2)3)13-6-5-7-15(10-13)19-14-8-9-14/h5-7,10,12,14,16-17H,4,8-9,11H2,1-3H3. The Balaban J connectivity index is 2.01. The first kappa shape index (κ1) is 14.4. The molecule has 1 unspecified atom stereocenters. The Morgan fingerprint density at radius 3 is 2.74 bits per heavy atom. The summed E-state index contributed by atoms with van der Waals surface area (Å²) in [6, 6.07) is 8.60. The monoisotopic (exact) mass is 263 g/mol. The van der Waals surface area contributed by atoms with Crippen molar-refractivity contribution < 1.29 is 9.47 Å². The molecule has 0 aromatic heterocycles. The third kappa shape index (κ3) is 4.84. The van der Waals surface area contributed by atoms with Crippen molar-refractivity contribution in [3.05, 3.63) is 29.8 Å². The quantitative estimate of drug-likeness (QED) is 0.780. The maximum Gasteiger partial charge on any atom is 0.120 e. The summed E-state index contributed by atoms with van der Waals surface area (Å²) in [5, 5.41) is 3.47. The Bertz CT molecular complexity index is 388. The van der Waals surface area contributed by atoms with Crippen LogP contribution in [0.15, 0.2) is 24.3 Å². The summed E-state index contributed by atoms with van der Waals surface area (Å²) in [6.07, 6.45) is 3.08. The minimum atomic E-state index is 0.232. The zero-order valence-electron chi connectivity index (χ0n) is 12.2. The molecule has 0 radical (unpaired) electrons. The van der Waals surface area contributed by atoms with E-state index >= 15 is 0 Å². The molecular formula is C16H25NO2. The van der Waals surface area contributed by atoms with Crippen LogP contribution in [0.4, 0.5) is 0 Å². The van der Waals surface area contributed by atoms with Crippen molar-refractivity contribution in [1.29, 1.82) is 0 Å². The molecule has 1 aliphatic carbocycles. The number of hydrogen-bond acceptors (Lipinski definition) is 3. The second-order valence-corrected chi connectivity index (χ2v) is 5.38. The van der Waals surface area contributed by atoms with E-state index in [2.05, 4.69) is 44.3 Å². The first-order valence-corrected chi connectivity index (χ1v) is 7.30. The molecule has 1 fully saturated rings. The minimum Gasteiger partial charge on any atom is -0.490 e. The van der Waals surface area contributed by atoms with Crippen molar-refractivity contribution in [2.45, 2.75) is 51.9 Å². The molecular weight excluding hydrogens is 238 g/mol. The summed E-state index contributed by atoms with van der Waals surface area (Å²) < 4.78 is 11.6. The predicted octanol–water partition coefficient (Wildman–Crippen LogP) is 3.30. The van der Waals surface area contributed by atoms with E-state index in [-0.39, 0.29) is 12.1 Å². The normalized spacial score (nSPS) is 16.6. The summed E-state index contributed by atoms with van der Waals surface area (Å²) in [5.41, 5.74) is 1.24. The highest BCUT2D eigenvalue weighted by molar-refractivity contribution is 5.31. The lowest BCUT2D eigenvalue weighted by Crippen LogP contribution is -2.26. The first-order valence-electron chi connectivity index (χ1n) is 7.30. The van der Waals surface area contributed by atoms with E-state index in [9.17, 15) is 0 Å². The molecule has 0 heterocycles. The van der Waals surface area contributed by atoms with Crippen molar-refractivity contribution in [2.24, 2.45) is 0 Å². The van der Waals surface area contributed by atoms with Crippen molar-refractivity contribution in [3.63, 3.8) is 0 Å². The molecule has 19 heavy (non-hydrogen) atoms. The molecule has 1 aromatic rings. The smallest absolute Gasteiger partial charge is 0.120 e. The third-order valence-electron chi connectivity index (χ3n) is 3.13. The Morgan fingerprint density at radius 2 is 2.11 bits per heavy atom. The van der Waals surface area contributed by atoms with Crippen molar-refractivity contribution in [3.8, 4) is 5.75 Å². The van der Waals surface area contributed by atoms with Crippen LogP contribution in [0.3, 0.4) is 0 Å². The second kappa shape index (κ2) is 6.92. The molecule has 1 atom stereocenters. The Morgan fingerprint density at radius 1 is 1.32 bits per heavy atom. The molecule has 3 heteroatoms. The number of hydrogen-bond donors (Lipinski definition) is 1. The average molecular weight is 263 g/mol. The number of likely N-dealkylation sites (N-methyl/N-ethyl adjacent to an activating group) is 1. The summed E-state index contributed by atoms with van der Waals surface area (Å²) in [5.74, 6) is 0.979. The molecule has 2 rings (SSSR count). The van der Waals surface area contributed by atoms with Crippen LogP contribution in [-0.4, -0.2) is 25.4 Å². The van der Waals surface area contributed by atoms with Crippen molar-refractivity contribution in [2.75, 3.05) is 13.2 Å². The van der Waals surface area contributed by atoms with Crippen LogP contribution in [-0.2, 0) is 4.74 Å². The van der Waals surface area contributed by atoms with Gasteiger partial charge in [0.15, 0.2) is 0 Å². The fraction of sp³-hybridized carbons (Fsp3) is 0.625. The highest BCUT2D eigenvalue weighted by Gasteiger charge is 2.23. The number of benzene rings is 1. The SMILES string of the molecule is CCNC(COC(C)C)c1cccc(OC2CC2)c1. The van der Waals surface area contributed by atoms with Crippen LogP contribution < -0.4 is 10.1 Å². The maximum absolute atomic E-state index is 5.85. The summed E-state index contributed by atoms with van der Waals surface area (Å²) >= 11 is 0. The molecule has 0 aliphatic heterocycles. The van der Waals surface area contributed by atoms with Gasteiger partial charge >= 0.3 is 0 Å². The Hall–Kier alpha value is -1.06. The number of nitrogens with one attached hydrogen (secondary N) is 1. The van der Waals surface area contributed by atoms with Gasteiger partial charge in [-0.15, -0.1) is 0 Å². The lowest BCUT2D eigenvalue weighted by Gasteiger charge is -2.20. The Kier molecular flexibility index (Phi) is 5.23. The summed E-state index contributed by atoms with van der Waals surface area (Å²) in [7, 11) is 0. The van der Waals surface area contributed by atoms with Gasteiger partial charge < -0.3 is 14.8 Å². The van der Waals surface area contributed by atoms with Gasteiger partial charge in [0.25, 0.3) is 0 Å². The van der Waals surface area contributed by atoms with Gasteiger partial charge in [-0.3, -0.25) is 0 Å².